The Bertz CT molecular complexity index is 636. The van der Waals surface area contributed by atoms with Gasteiger partial charge >= 0.3 is 0 Å². The van der Waals surface area contributed by atoms with Crippen LogP contribution in [-0.4, -0.2) is 22.4 Å². The molecule has 0 heterocycles. The summed E-state index contributed by atoms with van der Waals surface area (Å²) in [5, 5.41) is 21.5. The SMILES string of the molecule is CC(C)CCC[C@H](C)[C@@H]1CC[C@@H]2[C@@H]3C[C@H](O)[C@]4(C)C[C@@H](O)CCC4=C3CC[C@]21C. The van der Waals surface area contributed by atoms with E-state index in [0.717, 1.165) is 49.4 Å². The van der Waals surface area contributed by atoms with Crippen LogP contribution in [0.5, 0.6) is 0 Å². The molecule has 0 amide bonds. The Morgan fingerprint density at radius 3 is 2.48 bits per heavy atom. The molecule has 2 N–H and O–H groups in total. The molecule has 2 heteroatoms. The van der Waals surface area contributed by atoms with Crippen molar-refractivity contribution in [2.24, 2.45) is 40.4 Å². The molecule has 3 saturated carbocycles. The van der Waals surface area contributed by atoms with Crippen LogP contribution in [0.15, 0.2) is 11.1 Å². The van der Waals surface area contributed by atoms with Gasteiger partial charge in [-0.25, -0.2) is 0 Å². The van der Waals surface area contributed by atoms with Gasteiger partial charge in [0, 0.05) is 5.41 Å². The second kappa shape index (κ2) is 7.97. The van der Waals surface area contributed by atoms with E-state index in [0.29, 0.717) is 11.3 Å². The third kappa shape index (κ3) is 3.65. The zero-order chi connectivity index (χ0) is 21.0. The summed E-state index contributed by atoms with van der Waals surface area (Å²) in [6.45, 7) is 12.1. The van der Waals surface area contributed by atoms with Crippen molar-refractivity contribution < 1.29 is 10.2 Å². The lowest BCUT2D eigenvalue weighted by Gasteiger charge is -2.55. The van der Waals surface area contributed by atoms with E-state index in [9.17, 15) is 10.2 Å². The predicted octanol–water partition coefficient (Wildman–Crippen LogP) is 6.50. The Morgan fingerprint density at radius 1 is 1.00 bits per heavy atom. The molecule has 0 saturated heterocycles. The first-order valence-corrected chi connectivity index (χ1v) is 12.8. The van der Waals surface area contributed by atoms with Crippen LogP contribution in [0.3, 0.4) is 0 Å². The maximum Gasteiger partial charge on any atom is 0.0637 e. The minimum atomic E-state index is -0.272. The van der Waals surface area contributed by atoms with Gasteiger partial charge in [0.25, 0.3) is 0 Å². The zero-order valence-electron chi connectivity index (χ0n) is 19.7. The Morgan fingerprint density at radius 2 is 1.76 bits per heavy atom. The Hall–Kier alpha value is -0.340. The third-order valence-electron chi connectivity index (χ3n) is 10.2. The average Bonchev–Trinajstić information content (AvgIpc) is 2.99. The van der Waals surface area contributed by atoms with Gasteiger partial charge in [0.05, 0.1) is 12.2 Å². The molecule has 0 unspecified atom stereocenters. The highest BCUT2D eigenvalue weighted by Gasteiger charge is 2.57. The van der Waals surface area contributed by atoms with Crippen LogP contribution < -0.4 is 0 Å². The second-order valence-electron chi connectivity index (χ2n) is 12.3. The van der Waals surface area contributed by atoms with Gasteiger partial charge in [0.15, 0.2) is 0 Å². The number of fused-ring (bicyclic) bond motifs is 4. The molecule has 0 aromatic carbocycles. The lowest BCUT2D eigenvalue weighted by atomic mass is 9.50. The zero-order valence-corrected chi connectivity index (χ0v) is 19.7. The quantitative estimate of drug-likeness (QED) is 0.515. The number of aliphatic hydroxyl groups excluding tert-OH is 2. The molecule has 4 rings (SSSR count). The fraction of sp³-hybridized carbons (Fsp3) is 0.926. The van der Waals surface area contributed by atoms with E-state index in [2.05, 4.69) is 34.6 Å². The molecule has 4 aliphatic rings. The standard InChI is InChI=1S/C27H46O2/c1-17(2)7-6-8-18(3)22-11-12-24-21-15-25(29)27(5)16-19(28)9-10-23(27)20(21)13-14-26(22,24)4/h17-19,21-22,24-25,28-29H,6-16H2,1-5H3/t18-,19-,21+,22-,24+,25-,26-,27+/m0/s1. The summed E-state index contributed by atoms with van der Waals surface area (Å²) >= 11 is 0. The monoisotopic (exact) mass is 402 g/mol. The summed E-state index contributed by atoms with van der Waals surface area (Å²) in [5.41, 5.74) is 3.58. The van der Waals surface area contributed by atoms with E-state index >= 15 is 0 Å². The molecular weight excluding hydrogens is 356 g/mol. The van der Waals surface area contributed by atoms with Crippen LogP contribution in [0.4, 0.5) is 0 Å². The average molecular weight is 403 g/mol. The molecule has 0 radical (unpaired) electrons. The number of hydrogen-bond acceptors (Lipinski definition) is 2. The Kier molecular flexibility index (Phi) is 6.01. The van der Waals surface area contributed by atoms with Crippen molar-refractivity contribution >= 4 is 0 Å². The highest BCUT2D eigenvalue weighted by atomic mass is 16.3. The van der Waals surface area contributed by atoms with Crippen LogP contribution in [0.2, 0.25) is 0 Å². The van der Waals surface area contributed by atoms with Crippen LogP contribution >= 0.6 is 0 Å². The second-order valence-corrected chi connectivity index (χ2v) is 12.3. The maximum absolute atomic E-state index is 11.2. The van der Waals surface area contributed by atoms with E-state index in [4.69, 9.17) is 0 Å². The molecule has 2 nitrogen and oxygen atoms in total. The van der Waals surface area contributed by atoms with E-state index in [-0.39, 0.29) is 17.6 Å². The summed E-state index contributed by atoms with van der Waals surface area (Å²) in [4.78, 5) is 0. The van der Waals surface area contributed by atoms with E-state index in [1.165, 1.54) is 44.9 Å². The van der Waals surface area contributed by atoms with Gasteiger partial charge in [-0.3, -0.25) is 0 Å². The summed E-state index contributed by atoms with van der Waals surface area (Å²) < 4.78 is 0. The van der Waals surface area contributed by atoms with Gasteiger partial charge in [0.2, 0.25) is 0 Å². The van der Waals surface area contributed by atoms with Crippen molar-refractivity contribution in [1.29, 1.82) is 0 Å². The molecule has 4 aliphatic carbocycles. The number of rotatable bonds is 5. The van der Waals surface area contributed by atoms with Gasteiger partial charge < -0.3 is 10.2 Å². The largest absolute Gasteiger partial charge is 0.393 e. The van der Waals surface area contributed by atoms with Gasteiger partial charge in [-0.15, -0.1) is 0 Å². The third-order valence-corrected chi connectivity index (χ3v) is 10.2. The summed E-state index contributed by atoms with van der Waals surface area (Å²) in [7, 11) is 0. The molecule has 0 aromatic heterocycles. The van der Waals surface area contributed by atoms with Gasteiger partial charge in [-0.05, 0) is 86.4 Å². The van der Waals surface area contributed by atoms with Crippen molar-refractivity contribution in [2.75, 3.05) is 0 Å². The molecule has 0 spiro atoms. The highest BCUT2D eigenvalue weighted by Crippen LogP contribution is 2.65. The van der Waals surface area contributed by atoms with Crippen molar-refractivity contribution in [3.05, 3.63) is 11.1 Å². The van der Waals surface area contributed by atoms with Gasteiger partial charge in [0.1, 0.15) is 0 Å². The minimum Gasteiger partial charge on any atom is -0.393 e. The summed E-state index contributed by atoms with van der Waals surface area (Å²) in [6.07, 6.45) is 12.6. The Labute approximate surface area is 179 Å². The lowest BCUT2D eigenvalue weighted by molar-refractivity contribution is -0.0455. The molecule has 3 fully saturated rings. The van der Waals surface area contributed by atoms with E-state index in [1.807, 2.05) is 0 Å². The smallest absolute Gasteiger partial charge is 0.0637 e. The first-order chi connectivity index (χ1) is 13.7. The minimum absolute atomic E-state index is 0.167. The summed E-state index contributed by atoms with van der Waals surface area (Å²) in [5.74, 6) is 3.90. The molecule has 0 bridgehead atoms. The topological polar surface area (TPSA) is 40.5 Å². The van der Waals surface area contributed by atoms with Crippen molar-refractivity contribution in [3.63, 3.8) is 0 Å². The molecule has 166 valence electrons. The number of aliphatic hydroxyl groups is 2. The van der Waals surface area contributed by atoms with Gasteiger partial charge in [-0.2, -0.15) is 0 Å². The molecule has 29 heavy (non-hydrogen) atoms. The normalized spacial score (nSPS) is 45.7. The van der Waals surface area contributed by atoms with Crippen LogP contribution in [0, 0.1) is 40.4 Å². The Balaban J connectivity index is 1.54. The highest BCUT2D eigenvalue weighted by molar-refractivity contribution is 5.34. The molecule has 0 aliphatic heterocycles. The van der Waals surface area contributed by atoms with E-state index in [1.54, 1.807) is 11.1 Å². The molecule has 0 aromatic rings. The van der Waals surface area contributed by atoms with Gasteiger partial charge in [-0.1, -0.05) is 65.0 Å². The van der Waals surface area contributed by atoms with Crippen molar-refractivity contribution in [1.82, 2.24) is 0 Å². The number of hydrogen-bond donors (Lipinski definition) is 2. The maximum atomic E-state index is 11.2. The molecular formula is C27H46O2. The van der Waals surface area contributed by atoms with Crippen molar-refractivity contribution in [3.8, 4) is 0 Å². The lowest BCUT2D eigenvalue weighted by Crippen LogP contribution is -2.50. The van der Waals surface area contributed by atoms with E-state index < -0.39 is 0 Å². The first kappa shape index (κ1) is 21.9. The fourth-order valence-electron chi connectivity index (χ4n) is 8.50. The molecule has 8 atom stereocenters. The fourth-order valence-corrected chi connectivity index (χ4v) is 8.50. The first-order valence-electron chi connectivity index (χ1n) is 12.8. The summed E-state index contributed by atoms with van der Waals surface area (Å²) in [6, 6.07) is 0. The predicted molar refractivity (Wildman–Crippen MR) is 121 cm³/mol. The van der Waals surface area contributed by atoms with Crippen molar-refractivity contribution in [2.45, 2.75) is 117 Å². The van der Waals surface area contributed by atoms with Crippen LogP contribution in [0.1, 0.15) is 105 Å². The number of allylic oxidation sites excluding steroid dienone is 1. The van der Waals surface area contributed by atoms with Crippen LogP contribution in [-0.2, 0) is 0 Å². The van der Waals surface area contributed by atoms with Crippen LogP contribution in [0.25, 0.3) is 0 Å².